The molecule has 0 bridgehead atoms. The molecule has 1 fully saturated rings. The van der Waals surface area contributed by atoms with E-state index in [9.17, 15) is 43.4 Å². The molecule has 0 spiro atoms. The summed E-state index contributed by atoms with van der Waals surface area (Å²) >= 11 is 3.36. The Bertz CT molecular complexity index is 2190. The lowest BCUT2D eigenvalue weighted by atomic mass is 10.1. The van der Waals surface area contributed by atoms with Crippen LogP contribution in [0.1, 0.15) is 11.8 Å². The highest BCUT2D eigenvalue weighted by Gasteiger charge is 2.47. The van der Waals surface area contributed by atoms with Crippen LogP contribution in [0.15, 0.2) is 94.5 Å². The highest BCUT2D eigenvalue weighted by molar-refractivity contribution is 9.10. The number of halogens is 1. The molecule has 5 aromatic rings. The third-order valence-corrected chi connectivity index (χ3v) is 12.6. The summed E-state index contributed by atoms with van der Waals surface area (Å²) in [5.74, 6) is 0. The standard InChI is InChI=1S/C28H27BrN3O13P3/c29-20-10-8-18(9-11-20)22-14-32-24(30-22)12-13-31(28(32)35)27-26(34)25(33)23(43-27)15-42-47(38,39)45-48(40,41)44-46(36,37)16-19-6-3-5-17-4-1-2-7-21(17)19/h1-14,23,25-27,33-34H,15-16H2,(H,36,37)(H,38,39)(H,40,41)/t23-,25?,26+,27-/m1/s1. The third-order valence-electron chi connectivity index (χ3n) is 7.38. The number of phosphoric ester groups is 1. The summed E-state index contributed by atoms with van der Waals surface area (Å²) in [6.45, 7) is -0.981. The van der Waals surface area contributed by atoms with Crippen molar-refractivity contribution in [3.8, 4) is 11.3 Å². The van der Waals surface area contributed by atoms with Crippen molar-refractivity contribution < 1.29 is 56.5 Å². The maximum atomic E-state index is 13.3. The number of benzene rings is 3. The lowest BCUT2D eigenvalue weighted by molar-refractivity contribution is -0.0542. The van der Waals surface area contributed by atoms with E-state index in [1.165, 1.54) is 28.9 Å². The van der Waals surface area contributed by atoms with Gasteiger partial charge in [0.1, 0.15) is 24.0 Å². The zero-order valence-corrected chi connectivity index (χ0v) is 28.6. The molecule has 2 aromatic heterocycles. The second-order valence-corrected chi connectivity index (χ2v) is 16.7. The summed E-state index contributed by atoms with van der Waals surface area (Å²) in [6.07, 6.45) is -4.45. The van der Waals surface area contributed by atoms with E-state index in [0.29, 0.717) is 22.3 Å². The fraction of sp³-hybridized carbons (Fsp3) is 0.214. The Morgan fingerprint density at radius 2 is 1.58 bits per heavy atom. The zero-order valence-electron chi connectivity index (χ0n) is 24.4. The Morgan fingerprint density at radius 1 is 0.875 bits per heavy atom. The molecule has 1 aliphatic heterocycles. The van der Waals surface area contributed by atoms with Crippen LogP contribution in [-0.2, 0) is 37.7 Å². The highest BCUT2D eigenvalue weighted by atomic mass is 79.9. The average molecular weight is 786 g/mol. The van der Waals surface area contributed by atoms with E-state index in [4.69, 9.17) is 9.26 Å². The normalized spacial score (nSPS) is 23.5. The number of aliphatic hydroxyl groups excluding tert-OH is 2. The molecule has 7 atom stereocenters. The van der Waals surface area contributed by atoms with Gasteiger partial charge in [0, 0.05) is 22.4 Å². The van der Waals surface area contributed by atoms with Crippen LogP contribution in [-0.4, -0.2) is 63.8 Å². The SMILES string of the molecule is O=c1n([C@@H]2O[C@H](COP(=O)(O)OP(=O)(O)OP(=O)(O)Cc3cccc4ccccc34)C(O)[C@@H]2O)ccc2nc(-c3ccc(Br)cc3)cn12. The van der Waals surface area contributed by atoms with Crippen molar-refractivity contribution in [2.75, 3.05) is 6.61 Å². The fourth-order valence-corrected chi connectivity index (χ4v) is 9.67. The molecule has 0 radical (unpaired) electrons. The summed E-state index contributed by atoms with van der Waals surface area (Å²) in [7, 11) is -16.1. The molecule has 3 heterocycles. The maximum Gasteiger partial charge on any atom is 0.488 e. The van der Waals surface area contributed by atoms with E-state index in [0.717, 1.165) is 20.0 Å². The Hall–Kier alpha value is -2.85. The largest absolute Gasteiger partial charge is 0.488 e. The lowest BCUT2D eigenvalue weighted by Crippen LogP contribution is -2.36. The Labute approximate surface area is 279 Å². The minimum Gasteiger partial charge on any atom is -0.387 e. The van der Waals surface area contributed by atoms with Gasteiger partial charge in [-0.1, -0.05) is 70.5 Å². The number of aromatic nitrogens is 3. The van der Waals surface area contributed by atoms with Crippen molar-refractivity contribution in [1.82, 2.24) is 14.0 Å². The van der Waals surface area contributed by atoms with Gasteiger partial charge in [0.15, 0.2) is 6.23 Å². The van der Waals surface area contributed by atoms with E-state index < -0.39 is 66.2 Å². The lowest BCUT2D eigenvalue weighted by Gasteiger charge is -2.20. The first-order valence-electron chi connectivity index (χ1n) is 14.0. The van der Waals surface area contributed by atoms with E-state index in [2.05, 4.69) is 29.5 Å². The van der Waals surface area contributed by atoms with Gasteiger partial charge in [-0.2, -0.15) is 4.31 Å². The number of imidazole rings is 1. The molecule has 4 unspecified atom stereocenters. The van der Waals surface area contributed by atoms with Crippen LogP contribution >= 0.6 is 39.2 Å². The molecule has 1 aliphatic rings. The van der Waals surface area contributed by atoms with Crippen LogP contribution in [0.2, 0.25) is 0 Å². The van der Waals surface area contributed by atoms with E-state index in [1.54, 1.807) is 48.5 Å². The Balaban J connectivity index is 1.10. The van der Waals surface area contributed by atoms with Gasteiger partial charge in [-0.15, -0.1) is 0 Å². The minimum atomic E-state index is -5.69. The number of hydrogen-bond donors (Lipinski definition) is 5. The quantitative estimate of drug-likeness (QED) is 0.118. The molecule has 5 N–H and O–H groups in total. The van der Waals surface area contributed by atoms with Crippen LogP contribution in [0.25, 0.3) is 27.7 Å². The van der Waals surface area contributed by atoms with Gasteiger partial charge in [-0.3, -0.25) is 18.1 Å². The summed E-state index contributed by atoms with van der Waals surface area (Å²) in [6, 6.07) is 20.4. The summed E-state index contributed by atoms with van der Waals surface area (Å²) in [4.78, 5) is 48.2. The number of nitrogens with zero attached hydrogens (tertiary/aromatic N) is 3. The van der Waals surface area contributed by atoms with Crippen LogP contribution in [0.3, 0.4) is 0 Å². The predicted molar refractivity (Wildman–Crippen MR) is 174 cm³/mol. The van der Waals surface area contributed by atoms with Gasteiger partial charge in [-0.05, 0) is 34.5 Å². The zero-order chi connectivity index (χ0) is 34.4. The van der Waals surface area contributed by atoms with Gasteiger partial charge < -0.3 is 29.6 Å². The number of hydrogen-bond acceptors (Lipinski definition) is 11. The molecule has 0 aliphatic carbocycles. The molecule has 1 saturated heterocycles. The number of rotatable bonds is 11. The van der Waals surface area contributed by atoms with E-state index in [-0.39, 0.29) is 0 Å². The van der Waals surface area contributed by atoms with Crippen molar-refractivity contribution in [2.24, 2.45) is 0 Å². The van der Waals surface area contributed by atoms with Crippen molar-refractivity contribution in [3.05, 3.63) is 106 Å². The number of ether oxygens (including phenoxy) is 1. The van der Waals surface area contributed by atoms with E-state index >= 15 is 0 Å². The van der Waals surface area contributed by atoms with Gasteiger partial charge in [0.05, 0.1) is 18.5 Å². The Kier molecular flexibility index (Phi) is 9.81. The number of fused-ring (bicyclic) bond motifs is 2. The molecule has 3 aromatic carbocycles. The van der Waals surface area contributed by atoms with Crippen LogP contribution in [0.4, 0.5) is 0 Å². The van der Waals surface area contributed by atoms with Gasteiger partial charge in [-0.25, -0.2) is 23.2 Å². The minimum absolute atomic E-state index is 0.292. The van der Waals surface area contributed by atoms with Crippen molar-refractivity contribution in [3.63, 3.8) is 0 Å². The maximum absolute atomic E-state index is 13.3. The number of aliphatic hydroxyl groups is 2. The van der Waals surface area contributed by atoms with Gasteiger partial charge in [0.25, 0.3) is 0 Å². The molecular weight excluding hydrogens is 759 g/mol. The van der Waals surface area contributed by atoms with Gasteiger partial charge >= 0.3 is 28.9 Å². The Morgan fingerprint density at radius 3 is 2.33 bits per heavy atom. The summed E-state index contributed by atoms with van der Waals surface area (Å²) < 4.78 is 59.7. The molecule has 48 heavy (non-hydrogen) atoms. The molecule has 6 rings (SSSR count). The predicted octanol–water partition coefficient (Wildman–Crippen LogP) is 4.33. The second-order valence-electron chi connectivity index (χ2n) is 10.7. The molecule has 254 valence electrons. The third kappa shape index (κ3) is 7.64. The smallest absolute Gasteiger partial charge is 0.387 e. The van der Waals surface area contributed by atoms with Crippen molar-refractivity contribution in [1.29, 1.82) is 0 Å². The number of phosphoric acid groups is 2. The summed E-state index contributed by atoms with van der Waals surface area (Å²) in [5.41, 5.74) is 1.14. The second kappa shape index (κ2) is 13.5. The molecular formula is C28H27BrN3O13P3. The fourth-order valence-electron chi connectivity index (χ4n) is 5.22. The first-order chi connectivity index (χ1) is 22.6. The molecule has 0 amide bonds. The van der Waals surface area contributed by atoms with Crippen LogP contribution < -0.4 is 5.69 Å². The summed E-state index contributed by atoms with van der Waals surface area (Å²) in [5, 5.41) is 22.5. The van der Waals surface area contributed by atoms with Crippen molar-refractivity contribution in [2.45, 2.75) is 30.7 Å². The van der Waals surface area contributed by atoms with Crippen LogP contribution in [0, 0.1) is 0 Å². The average Bonchev–Trinajstić information content (AvgIpc) is 3.57. The van der Waals surface area contributed by atoms with Crippen molar-refractivity contribution >= 4 is 55.6 Å². The topological polar surface area (TPSA) is 229 Å². The monoisotopic (exact) mass is 785 g/mol. The first-order valence-corrected chi connectivity index (χ1v) is 19.6. The van der Waals surface area contributed by atoms with Crippen LogP contribution in [0.5, 0.6) is 0 Å². The molecule has 0 saturated carbocycles. The first kappa shape index (κ1) is 35.0. The molecule has 20 heteroatoms. The van der Waals surface area contributed by atoms with Gasteiger partial charge in [0.2, 0.25) is 0 Å². The van der Waals surface area contributed by atoms with E-state index in [1.807, 2.05) is 12.1 Å². The molecule has 16 nitrogen and oxygen atoms in total. The highest BCUT2D eigenvalue weighted by Crippen LogP contribution is 2.68.